The number of aromatic amines is 2. The number of hydrogen-bond acceptors (Lipinski definition) is 4. The van der Waals surface area contributed by atoms with Gasteiger partial charge in [0.2, 0.25) is 10.0 Å². The SMILES string of the molecule is CCC1CCCCN1S(=O)(=O)c1c[nH]c(=O)[nH]c1=O. The Morgan fingerprint density at radius 2 is 2.11 bits per heavy atom. The van der Waals surface area contributed by atoms with Crippen molar-refractivity contribution >= 4 is 10.0 Å². The van der Waals surface area contributed by atoms with Gasteiger partial charge in [-0.15, -0.1) is 0 Å². The van der Waals surface area contributed by atoms with E-state index in [4.69, 9.17) is 0 Å². The molecule has 1 saturated heterocycles. The van der Waals surface area contributed by atoms with Gasteiger partial charge in [0.15, 0.2) is 4.90 Å². The molecule has 0 saturated carbocycles. The van der Waals surface area contributed by atoms with E-state index in [1.54, 1.807) is 0 Å². The molecular formula is C11H17N3O4S. The largest absolute Gasteiger partial charge is 0.325 e. The molecule has 0 aromatic carbocycles. The summed E-state index contributed by atoms with van der Waals surface area (Å²) in [7, 11) is -3.85. The molecule has 1 unspecified atom stereocenters. The summed E-state index contributed by atoms with van der Waals surface area (Å²) in [6, 6.07) is -0.0786. The number of nitrogens with one attached hydrogen (secondary N) is 2. The normalized spacial score (nSPS) is 21.4. The van der Waals surface area contributed by atoms with Crippen LogP contribution in [0.2, 0.25) is 0 Å². The molecule has 0 spiro atoms. The van der Waals surface area contributed by atoms with E-state index < -0.39 is 26.2 Å². The maximum atomic E-state index is 12.5. The lowest BCUT2D eigenvalue weighted by Gasteiger charge is -2.33. The van der Waals surface area contributed by atoms with Crippen molar-refractivity contribution in [1.82, 2.24) is 14.3 Å². The maximum absolute atomic E-state index is 12.5. The fourth-order valence-electron chi connectivity index (χ4n) is 2.41. The minimum Gasteiger partial charge on any atom is -0.313 e. The van der Waals surface area contributed by atoms with Crippen LogP contribution in [0.15, 0.2) is 20.7 Å². The van der Waals surface area contributed by atoms with Gasteiger partial charge < -0.3 is 4.98 Å². The number of piperidine rings is 1. The van der Waals surface area contributed by atoms with Crippen molar-refractivity contribution < 1.29 is 8.42 Å². The first-order valence-corrected chi connectivity index (χ1v) is 7.74. The van der Waals surface area contributed by atoms with Crippen LogP contribution in [-0.2, 0) is 10.0 Å². The van der Waals surface area contributed by atoms with E-state index >= 15 is 0 Å². The molecule has 1 aliphatic rings. The van der Waals surface area contributed by atoms with E-state index in [1.807, 2.05) is 11.9 Å². The van der Waals surface area contributed by atoms with E-state index in [0.717, 1.165) is 25.5 Å². The van der Waals surface area contributed by atoms with E-state index in [2.05, 4.69) is 4.98 Å². The van der Waals surface area contributed by atoms with Crippen LogP contribution in [0.25, 0.3) is 0 Å². The summed E-state index contributed by atoms with van der Waals surface area (Å²) in [6.07, 6.45) is 4.26. The van der Waals surface area contributed by atoms with Crippen molar-refractivity contribution in [2.75, 3.05) is 6.54 Å². The van der Waals surface area contributed by atoms with Crippen molar-refractivity contribution in [1.29, 1.82) is 0 Å². The third-order valence-corrected chi connectivity index (χ3v) is 5.37. The molecule has 0 bridgehead atoms. The molecule has 1 aromatic heterocycles. The predicted octanol–water partition coefficient (Wildman–Crippen LogP) is 0.0164. The fraction of sp³-hybridized carbons (Fsp3) is 0.636. The van der Waals surface area contributed by atoms with Gasteiger partial charge in [-0.3, -0.25) is 9.78 Å². The molecular weight excluding hydrogens is 270 g/mol. The average Bonchev–Trinajstić information content (AvgIpc) is 2.38. The summed E-state index contributed by atoms with van der Waals surface area (Å²) in [5, 5.41) is 0. The van der Waals surface area contributed by atoms with Crippen molar-refractivity contribution in [3.05, 3.63) is 27.0 Å². The average molecular weight is 287 g/mol. The summed E-state index contributed by atoms with van der Waals surface area (Å²) in [4.78, 5) is 26.3. The third kappa shape index (κ3) is 2.64. The second kappa shape index (κ2) is 5.30. The molecule has 106 valence electrons. The van der Waals surface area contributed by atoms with Gasteiger partial charge in [0, 0.05) is 18.8 Å². The lowest BCUT2D eigenvalue weighted by Crippen LogP contribution is -2.45. The van der Waals surface area contributed by atoms with Crippen molar-refractivity contribution in [2.45, 2.75) is 43.5 Å². The monoisotopic (exact) mass is 287 g/mol. The highest BCUT2D eigenvalue weighted by Gasteiger charge is 2.34. The fourth-order valence-corrected chi connectivity index (χ4v) is 4.18. The molecule has 2 heterocycles. The first-order chi connectivity index (χ1) is 8.96. The van der Waals surface area contributed by atoms with Crippen LogP contribution in [0.3, 0.4) is 0 Å². The molecule has 1 fully saturated rings. The Kier molecular flexibility index (Phi) is 3.91. The van der Waals surface area contributed by atoms with Crippen LogP contribution in [0.5, 0.6) is 0 Å². The van der Waals surface area contributed by atoms with Gasteiger partial charge in [0.05, 0.1) is 0 Å². The highest BCUT2D eigenvalue weighted by atomic mass is 32.2. The van der Waals surface area contributed by atoms with E-state index in [1.165, 1.54) is 4.31 Å². The summed E-state index contributed by atoms with van der Waals surface area (Å²) >= 11 is 0. The van der Waals surface area contributed by atoms with Crippen LogP contribution < -0.4 is 11.2 Å². The number of aromatic nitrogens is 2. The zero-order valence-electron chi connectivity index (χ0n) is 10.7. The Morgan fingerprint density at radius 1 is 1.37 bits per heavy atom. The lowest BCUT2D eigenvalue weighted by atomic mass is 10.0. The lowest BCUT2D eigenvalue weighted by molar-refractivity contribution is 0.246. The summed E-state index contributed by atoms with van der Waals surface area (Å²) in [6.45, 7) is 2.34. The zero-order chi connectivity index (χ0) is 14.0. The van der Waals surface area contributed by atoms with Gasteiger partial charge in [-0.05, 0) is 19.3 Å². The first-order valence-electron chi connectivity index (χ1n) is 6.30. The molecule has 0 radical (unpaired) electrons. The van der Waals surface area contributed by atoms with Gasteiger partial charge in [0.1, 0.15) is 0 Å². The maximum Gasteiger partial charge on any atom is 0.325 e. The van der Waals surface area contributed by atoms with E-state index in [9.17, 15) is 18.0 Å². The minimum atomic E-state index is -3.85. The quantitative estimate of drug-likeness (QED) is 0.817. The van der Waals surface area contributed by atoms with Crippen LogP contribution >= 0.6 is 0 Å². The molecule has 0 amide bonds. The summed E-state index contributed by atoms with van der Waals surface area (Å²) in [5.74, 6) is 0. The predicted molar refractivity (Wildman–Crippen MR) is 69.5 cm³/mol. The summed E-state index contributed by atoms with van der Waals surface area (Å²) in [5.41, 5.74) is -1.58. The van der Waals surface area contributed by atoms with Crippen molar-refractivity contribution in [3.63, 3.8) is 0 Å². The number of rotatable bonds is 3. The Balaban J connectivity index is 2.46. The van der Waals surface area contributed by atoms with Gasteiger partial charge in [-0.2, -0.15) is 4.31 Å². The van der Waals surface area contributed by atoms with E-state index in [0.29, 0.717) is 13.0 Å². The van der Waals surface area contributed by atoms with E-state index in [-0.39, 0.29) is 6.04 Å². The van der Waals surface area contributed by atoms with Crippen LogP contribution in [0, 0.1) is 0 Å². The molecule has 19 heavy (non-hydrogen) atoms. The van der Waals surface area contributed by atoms with Gasteiger partial charge in [-0.25, -0.2) is 13.2 Å². The highest BCUT2D eigenvalue weighted by Crippen LogP contribution is 2.25. The molecule has 8 heteroatoms. The standard InChI is InChI=1S/C11H17N3O4S/c1-2-8-5-3-4-6-14(8)19(17,18)9-7-12-11(16)13-10(9)15/h7-8H,2-6H2,1H3,(H2,12,13,15,16). The number of sulfonamides is 1. The number of H-pyrrole nitrogens is 2. The minimum absolute atomic E-state index is 0.0786. The number of hydrogen-bond donors (Lipinski definition) is 2. The molecule has 1 aliphatic heterocycles. The number of nitrogens with zero attached hydrogens (tertiary/aromatic N) is 1. The molecule has 0 aliphatic carbocycles. The van der Waals surface area contributed by atoms with Gasteiger partial charge in [0.25, 0.3) is 5.56 Å². The van der Waals surface area contributed by atoms with Gasteiger partial charge >= 0.3 is 5.69 Å². The van der Waals surface area contributed by atoms with Crippen LogP contribution in [0.1, 0.15) is 32.6 Å². The molecule has 1 aromatic rings. The molecule has 2 rings (SSSR count). The molecule has 1 atom stereocenters. The van der Waals surface area contributed by atoms with Crippen molar-refractivity contribution in [2.24, 2.45) is 0 Å². The smallest absolute Gasteiger partial charge is 0.313 e. The first kappa shape index (κ1) is 14.0. The second-order valence-electron chi connectivity index (χ2n) is 4.61. The Labute approximate surface area is 110 Å². The van der Waals surface area contributed by atoms with Crippen LogP contribution in [-0.4, -0.2) is 35.3 Å². The second-order valence-corrected chi connectivity index (χ2v) is 6.47. The molecule has 2 N–H and O–H groups in total. The van der Waals surface area contributed by atoms with Gasteiger partial charge in [-0.1, -0.05) is 13.3 Å². The Morgan fingerprint density at radius 3 is 2.74 bits per heavy atom. The summed E-state index contributed by atoms with van der Waals surface area (Å²) < 4.78 is 26.3. The Bertz CT molecular complexity index is 661. The topological polar surface area (TPSA) is 103 Å². The zero-order valence-corrected chi connectivity index (χ0v) is 11.5. The van der Waals surface area contributed by atoms with Crippen LogP contribution in [0.4, 0.5) is 0 Å². The third-order valence-electron chi connectivity index (χ3n) is 3.42. The molecule has 7 nitrogen and oxygen atoms in total. The highest BCUT2D eigenvalue weighted by molar-refractivity contribution is 7.89. The Hall–Kier alpha value is -1.41. The van der Waals surface area contributed by atoms with Crippen molar-refractivity contribution in [3.8, 4) is 0 Å².